The molecule has 3 nitrogen and oxygen atoms in total. The van der Waals surface area contributed by atoms with E-state index in [-0.39, 0.29) is 16.4 Å². The molecule has 2 bridgehead atoms. The highest BCUT2D eigenvalue weighted by Gasteiger charge is 2.73. The highest BCUT2D eigenvalue weighted by Crippen LogP contribution is 2.74. The van der Waals surface area contributed by atoms with Crippen molar-refractivity contribution in [2.45, 2.75) is 52.4 Å². The molecule has 3 heteroatoms. The van der Waals surface area contributed by atoms with E-state index in [1.54, 1.807) is 0 Å². The number of hydrogen-bond donors (Lipinski definition) is 0. The summed E-state index contributed by atoms with van der Waals surface area (Å²) >= 11 is 0. The summed E-state index contributed by atoms with van der Waals surface area (Å²) < 4.78 is 8.88. The monoisotopic (exact) mass is 282 g/mol. The molecular formula is C18H22N2O. The maximum atomic E-state index is 6.57. The molecular weight excluding hydrogens is 260 g/mol. The summed E-state index contributed by atoms with van der Waals surface area (Å²) in [6, 6.07) is 8.45. The van der Waals surface area contributed by atoms with Crippen molar-refractivity contribution in [3.8, 4) is 0 Å². The Balaban J connectivity index is 1.84. The SMILES string of the molecule is CC1(C)C2CC[C@](C)(C2)[C@]12OCn1c2nc2ccccc21. The van der Waals surface area contributed by atoms with Crippen LogP contribution in [0.3, 0.4) is 0 Å². The van der Waals surface area contributed by atoms with Gasteiger partial charge >= 0.3 is 0 Å². The number of benzene rings is 1. The van der Waals surface area contributed by atoms with Gasteiger partial charge in [-0.3, -0.25) is 0 Å². The second-order valence-corrected chi connectivity index (χ2v) is 8.03. The summed E-state index contributed by atoms with van der Waals surface area (Å²) in [5, 5.41) is 0. The molecule has 110 valence electrons. The Kier molecular flexibility index (Phi) is 1.95. The van der Waals surface area contributed by atoms with E-state index in [0.717, 1.165) is 11.4 Å². The average Bonchev–Trinajstić information content (AvgIpc) is 3.12. The summed E-state index contributed by atoms with van der Waals surface area (Å²) in [5.41, 5.74) is 2.51. The van der Waals surface area contributed by atoms with Gasteiger partial charge in [-0.15, -0.1) is 0 Å². The molecule has 2 fully saturated rings. The lowest BCUT2D eigenvalue weighted by molar-refractivity contribution is -0.188. The number of para-hydroxylation sites is 2. The van der Waals surface area contributed by atoms with E-state index in [9.17, 15) is 0 Å². The van der Waals surface area contributed by atoms with Gasteiger partial charge in [-0.2, -0.15) is 0 Å². The number of imidazole rings is 1. The van der Waals surface area contributed by atoms with Gasteiger partial charge in [0.2, 0.25) is 0 Å². The second kappa shape index (κ2) is 3.35. The fraction of sp³-hybridized carbons (Fsp3) is 0.611. The maximum Gasteiger partial charge on any atom is 0.145 e. The summed E-state index contributed by atoms with van der Waals surface area (Å²) in [7, 11) is 0. The van der Waals surface area contributed by atoms with E-state index < -0.39 is 0 Å². The quantitative estimate of drug-likeness (QED) is 0.728. The van der Waals surface area contributed by atoms with Gasteiger partial charge in [0.1, 0.15) is 18.2 Å². The molecule has 1 aromatic heterocycles. The van der Waals surface area contributed by atoms with E-state index in [0.29, 0.717) is 6.73 Å². The van der Waals surface area contributed by atoms with Crippen molar-refractivity contribution >= 4 is 11.0 Å². The van der Waals surface area contributed by atoms with Crippen LogP contribution in [0.4, 0.5) is 0 Å². The summed E-state index contributed by atoms with van der Waals surface area (Å²) in [4.78, 5) is 5.03. The van der Waals surface area contributed by atoms with Gasteiger partial charge in [0.15, 0.2) is 0 Å². The molecule has 21 heavy (non-hydrogen) atoms. The van der Waals surface area contributed by atoms with E-state index in [1.807, 2.05) is 0 Å². The fourth-order valence-corrected chi connectivity index (χ4v) is 5.86. The van der Waals surface area contributed by atoms with Gasteiger partial charge in [-0.25, -0.2) is 4.98 Å². The van der Waals surface area contributed by atoms with Crippen molar-refractivity contribution in [3.63, 3.8) is 0 Å². The molecule has 3 aliphatic rings. The van der Waals surface area contributed by atoms with Crippen LogP contribution < -0.4 is 0 Å². The fourth-order valence-electron chi connectivity index (χ4n) is 5.86. The summed E-state index contributed by atoms with van der Waals surface area (Å²) in [6.07, 6.45) is 3.89. The Morgan fingerprint density at radius 1 is 1.24 bits per heavy atom. The second-order valence-electron chi connectivity index (χ2n) is 8.03. The van der Waals surface area contributed by atoms with Crippen LogP contribution in [-0.2, 0) is 17.1 Å². The number of fused-ring (bicyclic) bond motifs is 7. The van der Waals surface area contributed by atoms with Crippen LogP contribution in [0.15, 0.2) is 24.3 Å². The third-order valence-corrected chi connectivity index (χ3v) is 6.90. The first-order chi connectivity index (χ1) is 10.00. The van der Waals surface area contributed by atoms with Crippen LogP contribution in [0.2, 0.25) is 0 Å². The smallest absolute Gasteiger partial charge is 0.145 e. The summed E-state index contributed by atoms with van der Waals surface area (Å²) in [6.45, 7) is 7.88. The molecule has 0 N–H and O–H groups in total. The van der Waals surface area contributed by atoms with Crippen molar-refractivity contribution in [1.82, 2.24) is 9.55 Å². The first-order valence-electron chi connectivity index (χ1n) is 8.09. The first-order valence-corrected chi connectivity index (χ1v) is 8.09. The van der Waals surface area contributed by atoms with Crippen LogP contribution in [-0.4, -0.2) is 9.55 Å². The lowest BCUT2D eigenvalue weighted by atomic mass is 9.60. The van der Waals surface area contributed by atoms with E-state index >= 15 is 0 Å². The highest BCUT2D eigenvalue weighted by atomic mass is 16.5. The minimum absolute atomic E-state index is 0.162. The van der Waals surface area contributed by atoms with Crippen LogP contribution in [0.1, 0.15) is 45.9 Å². The Morgan fingerprint density at radius 3 is 2.81 bits per heavy atom. The number of ether oxygens (including phenoxy) is 1. The Bertz CT molecular complexity index is 755. The molecule has 3 atom stereocenters. The van der Waals surface area contributed by atoms with Gasteiger partial charge in [0.25, 0.3) is 0 Å². The van der Waals surface area contributed by atoms with Gasteiger partial charge in [-0.05, 0) is 37.3 Å². The third kappa shape index (κ3) is 1.10. The Morgan fingerprint density at radius 2 is 2.05 bits per heavy atom. The third-order valence-electron chi connectivity index (χ3n) is 6.90. The van der Waals surface area contributed by atoms with Gasteiger partial charge in [-0.1, -0.05) is 32.9 Å². The molecule has 1 unspecified atom stereocenters. The van der Waals surface area contributed by atoms with Gasteiger partial charge in [0.05, 0.1) is 11.0 Å². The summed E-state index contributed by atoms with van der Waals surface area (Å²) in [5.74, 6) is 1.94. The molecule has 1 aliphatic heterocycles. The van der Waals surface area contributed by atoms with E-state index in [2.05, 4.69) is 49.6 Å². The number of nitrogens with zero attached hydrogens (tertiary/aromatic N) is 2. The molecule has 1 spiro atoms. The predicted molar refractivity (Wildman–Crippen MR) is 81.7 cm³/mol. The Labute approximate surface area is 125 Å². The molecule has 2 aromatic rings. The van der Waals surface area contributed by atoms with Crippen LogP contribution in [0.25, 0.3) is 11.0 Å². The topological polar surface area (TPSA) is 27.1 Å². The van der Waals surface area contributed by atoms with Crippen LogP contribution in [0, 0.1) is 16.7 Å². The largest absolute Gasteiger partial charge is 0.345 e. The maximum absolute atomic E-state index is 6.57. The molecule has 0 radical (unpaired) electrons. The molecule has 1 aromatic carbocycles. The minimum atomic E-state index is -0.206. The van der Waals surface area contributed by atoms with Crippen molar-refractivity contribution in [2.75, 3.05) is 0 Å². The zero-order valence-electron chi connectivity index (χ0n) is 13.0. The van der Waals surface area contributed by atoms with Gasteiger partial charge in [0, 0.05) is 10.8 Å². The average molecular weight is 282 g/mol. The molecule has 0 amide bonds. The highest BCUT2D eigenvalue weighted by molar-refractivity contribution is 5.76. The molecule has 2 saturated carbocycles. The number of aromatic nitrogens is 2. The van der Waals surface area contributed by atoms with Crippen molar-refractivity contribution in [1.29, 1.82) is 0 Å². The standard InChI is InChI=1S/C18H22N2O/c1-16(2)12-8-9-17(3,10-12)18(16)15-19-13-6-4-5-7-14(13)20(15)11-21-18/h4-7,12H,8-11H2,1-3H3/t12?,17-,18-/m1/s1. The van der Waals surface area contributed by atoms with Crippen molar-refractivity contribution in [2.24, 2.45) is 16.7 Å². The number of rotatable bonds is 0. The molecule has 2 heterocycles. The lowest BCUT2D eigenvalue weighted by Gasteiger charge is -2.49. The van der Waals surface area contributed by atoms with Crippen molar-refractivity contribution in [3.05, 3.63) is 30.1 Å². The van der Waals surface area contributed by atoms with Crippen molar-refractivity contribution < 1.29 is 4.74 Å². The van der Waals surface area contributed by atoms with E-state index in [1.165, 1.54) is 30.6 Å². The van der Waals surface area contributed by atoms with E-state index in [4.69, 9.17) is 9.72 Å². The molecule has 0 saturated heterocycles. The zero-order valence-corrected chi connectivity index (χ0v) is 13.0. The predicted octanol–water partition coefficient (Wildman–Crippen LogP) is 4.07. The first kappa shape index (κ1) is 12.2. The zero-order chi connectivity index (χ0) is 14.5. The lowest BCUT2D eigenvalue weighted by Crippen LogP contribution is -2.51. The van der Waals surface area contributed by atoms with Gasteiger partial charge < -0.3 is 9.30 Å². The molecule has 2 aliphatic carbocycles. The normalized spacial score (nSPS) is 39.5. The molecule has 5 rings (SSSR count). The number of hydrogen-bond acceptors (Lipinski definition) is 2. The Hall–Kier alpha value is -1.35. The van der Waals surface area contributed by atoms with Crippen LogP contribution in [0.5, 0.6) is 0 Å². The van der Waals surface area contributed by atoms with Crippen LogP contribution >= 0.6 is 0 Å². The minimum Gasteiger partial charge on any atom is -0.345 e.